The Labute approximate surface area is 112 Å². The Balaban J connectivity index is 1.96. The fourth-order valence-corrected chi connectivity index (χ4v) is 2.10. The highest BCUT2D eigenvalue weighted by molar-refractivity contribution is 5.79. The van der Waals surface area contributed by atoms with Crippen molar-refractivity contribution in [2.45, 2.75) is 18.9 Å². The first-order chi connectivity index (χ1) is 9.22. The molecule has 1 aliphatic rings. The van der Waals surface area contributed by atoms with Gasteiger partial charge in [-0.2, -0.15) is 0 Å². The molecule has 0 bridgehead atoms. The number of hydrogen-bond acceptors (Lipinski definition) is 4. The Kier molecular flexibility index (Phi) is 4.63. The summed E-state index contributed by atoms with van der Waals surface area (Å²) in [5.41, 5.74) is 0.897. The van der Waals surface area contributed by atoms with Crippen molar-refractivity contribution in [2.24, 2.45) is 0 Å². The van der Waals surface area contributed by atoms with Gasteiger partial charge in [-0.15, -0.1) is 0 Å². The number of nitrogens with one attached hydrogen (secondary N) is 1. The van der Waals surface area contributed by atoms with Crippen molar-refractivity contribution in [2.75, 3.05) is 27.4 Å². The van der Waals surface area contributed by atoms with Gasteiger partial charge in [0.05, 0.1) is 33.3 Å². The summed E-state index contributed by atoms with van der Waals surface area (Å²) in [5, 5.41) is 2.96. The fourth-order valence-electron chi connectivity index (χ4n) is 2.10. The monoisotopic (exact) mass is 265 g/mol. The molecule has 1 saturated heterocycles. The van der Waals surface area contributed by atoms with Crippen molar-refractivity contribution in [1.82, 2.24) is 5.32 Å². The van der Waals surface area contributed by atoms with Crippen LogP contribution in [0.4, 0.5) is 0 Å². The SMILES string of the molecule is COc1ccc(CC(=O)N[C@H]2CCOC2)cc1OC. The van der Waals surface area contributed by atoms with Crippen molar-refractivity contribution in [3.63, 3.8) is 0 Å². The molecule has 2 rings (SSSR count). The molecule has 5 heteroatoms. The van der Waals surface area contributed by atoms with Gasteiger partial charge in [0.1, 0.15) is 0 Å². The summed E-state index contributed by atoms with van der Waals surface area (Å²) in [4.78, 5) is 11.9. The van der Waals surface area contributed by atoms with E-state index in [0.29, 0.717) is 24.5 Å². The van der Waals surface area contributed by atoms with Crippen LogP contribution in [-0.4, -0.2) is 39.4 Å². The van der Waals surface area contributed by atoms with Crippen molar-refractivity contribution < 1.29 is 19.0 Å². The smallest absolute Gasteiger partial charge is 0.224 e. The van der Waals surface area contributed by atoms with E-state index >= 15 is 0 Å². The molecule has 1 heterocycles. The van der Waals surface area contributed by atoms with Gasteiger partial charge in [-0.25, -0.2) is 0 Å². The molecule has 5 nitrogen and oxygen atoms in total. The van der Waals surface area contributed by atoms with Gasteiger partial charge >= 0.3 is 0 Å². The quantitative estimate of drug-likeness (QED) is 0.867. The summed E-state index contributed by atoms with van der Waals surface area (Å²) in [5.74, 6) is 1.30. The molecule has 0 saturated carbocycles. The van der Waals surface area contributed by atoms with Gasteiger partial charge in [0.25, 0.3) is 0 Å². The molecular weight excluding hydrogens is 246 g/mol. The van der Waals surface area contributed by atoms with E-state index in [1.165, 1.54) is 0 Å². The predicted molar refractivity (Wildman–Crippen MR) is 70.6 cm³/mol. The summed E-state index contributed by atoms with van der Waals surface area (Å²) in [7, 11) is 3.17. The summed E-state index contributed by atoms with van der Waals surface area (Å²) in [6.07, 6.45) is 1.22. The average molecular weight is 265 g/mol. The van der Waals surface area contributed by atoms with E-state index in [4.69, 9.17) is 14.2 Å². The van der Waals surface area contributed by atoms with Gasteiger partial charge in [0.2, 0.25) is 5.91 Å². The van der Waals surface area contributed by atoms with Crippen LogP contribution in [0.1, 0.15) is 12.0 Å². The van der Waals surface area contributed by atoms with Crippen molar-refractivity contribution in [3.8, 4) is 11.5 Å². The van der Waals surface area contributed by atoms with Crippen LogP contribution in [0.3, 0.4) is 0 Å². The van der Waals surface area contributed by atoms with Gasteiger partial charge < -0.3 is 19.5 Å². The molecule has 19 heavy (non-hydrogen) atoms. The normalized spacial score (nSPS) is 18.1. The first-order valence-corrected chi connectivity index (χ1v) is 6.31. The molecule has 1 amide bonds. The van der Waals surface area contributed by atoms with Crippen LogP contribution in [-0.2, 0) is 16.0 Å². The lowest BCUT2D eigenvalue weighted by molar-refractivity contribution is -0.121. The van der Waals surface area contributed by atoms with Crippen molar-refractivity contribution in [3.05, 3.63) is 23.8 Å². The minimum atomic E-state index is 0.00252. The van der Waals surface area contributed by atoms with E-state index in [2.05, 4.69) is 5.32 Å². The van der Waals surface area contributed by atoms with Gasteiger partial charge in [0.15, 0.2) is 11.5 Å². The van der Waals surface area contributed by atoms with Crippen LogP contribution in [0.5, 0.6) is 11.5 Å². The van der Waals surface area contributed by atoms with Crippen LogP contribution >= 0.6 is 0 Å². The second-order valence-corrected chi connectivity index (χ2v) is 4.49. The van der Waals surface area contributed by atoms with Gasteiger partial charge in [-0.3, -0.25) is 4.79 Å². The van der Waals surface area contributed by atoms with E-state index < -0.39 is 0 Å². The minimum Gasteiger partial charge on any atom is -0.493 e. The summed E-state index contributed by atoms with van der Waals surface area (Å²) >= 11 is 0. The lowest BCUT2D eigenvalue weighted by Crippen LogP contribution is -2.36. The molecule has 1 aromatic carbocycles. The maximum Gasteiger partial charge on any atom is 0.224 e. The largest absolute Gasteiger partial charge is 0.493 e. The number of rotatable bonds is 5. The number of carbonyl (C=O) groups is 1. The highest BCUT2D eigenvalue weighted by atomic mass is 16.5. The molecule has 0 radical (unpaired) electrons. The highest BCUT2D eigenvalue weighted by Crippen LogP contribution is 2.27. The number of hydrogen-bond donors (Lipinski definition) is 1. The fraction of sp³-hybridized carbons (Fsp3) is 0.500. The zero-order valence-corrected chi connectivity index (χ0v) is 11.3. The van der Waals surface area contributed by atoms with Crippen molar-refractivity contribution in [1.29, 1.82) is 0 Å². The Morgan fingerprint density at radius 3 is 2.79 bits per heavy atom. The predicted octanol–water partition coefficient (Wildman–Crippen LogP) is 1.15. The number of amides is 1. The van der Waals surface area contributed by atoms with Crippen LogP contribution < -0.4 is 14.8 Å². The molecule has 104 valence electrons. The Morgan fingerprint density at radius 2 is 2.16 bits per heavy atom. The van der Waals surface area contributed by atoms with Crippen LogP contribution in [0.25, 0.3) is 0 Å². The summed E-state index contributed by atoms with van der Waals surface area (Å²) in [6.45, 7) is 1.33. The number of methoxy groups -OCH3 is 2. The average Bonchev–Trinajstić information content (AvgIpc) is 2.91. The topological polar surface area (TPSA) is 56.8 Å². The molecule has 0 aliphatic carbocycles. The molecule has 1 atom stereocenters. The van der Waals surface area contributed by atoms with Gasteiger partial charge in [0, 0.05) is 6.61 Å². The molecular formula is C14H19NO4. The van der Waals surface area contributed by atoms with Crippen molar-refractivity contribution >= 4 is 5.91 Å². The lowest BCUT2D eigenvalue weighted by Gasteiger charge is -2.12. The van der Waals surface area contributed by atoms with E-state index in [1.54, 1.807) is 20.3 Å². The standard InChI is InChI=1S/C14H19NO4/c1-17-12-4-3-10(7-13(12)18-2)8-14(16)15-11-5-6-19-9-11/h3-4,7,11H,5-6,8-9H2,1-2H3,(H,15,16)/t11-/m0/s1. The van der Waals surface area contributed by atoms with E-state index in [-0.39, 0.29) is 11.9 Å². The molecule has 1 fully saturated rings. The number of carbonyl (C=O) groups excluding carboxylic acids is 1. The van der Waals surface area contributed by atoms with Gasteiger partial charge in [-0.05, 0) is 24.1 Å². The van der Waals surface area contributed by atoms with Crippen LogP contribution in [0.15, 0.2) is 18.2 Å². The third-order valence-corrected chi connectivity index (χ3v) is 3.11. The minimum absolute atomic E-state index is 0.00252. The van der Waals surface area contributed by atoms with Crippen LogP contribution in [0, 0.1) is 0 Å². The molecule has 0 unspecified atom stereocenters. The molecule has 1 aliphatic heterocycles. The summed E-state index contributed by atoms with van der Waals surface area (Å²) in [6, 6.07) is 5.64. The lowest BCUT2D eigenvalue weighted by atomic mass is 10.1. The number of benzene rings is 1. The Hall–Kier alpha value is -1.75. The first kappa shape index (κ1) is 13.7. The third-order valence-electron chi connectivity index (χ3n) is 3.11. The molecule has 1 N–H and O–H groups in total. The summed E-state index contributed by atoms with van der Waals surface area (Å²) < 4.78 is 15.6. The second kappa shape index (κ2) is 6.43. The third kappa shape index (κ3) is 3.61. The van der Waals surface area contributed by atoms with Gasteiger partial charge in [-0.1, -0.05) is 6.07 Å². The molecule has 1 aromatic rings. The highest BCUT2D eigenvalue weighted by Gasteiger charge is 2.18. The maximum absolute atomic E-state index is 11.9. The van der Waals surface area contributed by atoms with E-state index in [1.807, 2.05) is 12.1 Å². The maximum atomic E-state index is 11.9. The van der Waals surface area contributed by atoms with E-state index in [9.17, 15) is 4.79 Å². The van der Waals surface area contributed by atoms with Crippen LogP contribution in [0.2, 0.25) is 0 Å². The molecule has 0 spiro atoms. The Morgan fingerprint density at radius 1 is 1.37 bits per heavy atom. The zero-order chi connectivity index (χ0) is 13.7. The Bertz CT molecular complexity index is 441. The molecule has 0 aromatic heterocycles. The number of ether oxygens (including phenoxy) is 3. The second-order valence-electron chi connectivity index (χ2n) is 4.49. The first-order valence-electron chi connectivity index (χ1n) is 6.31. The zero-order valence-electron chi connectivity index (χ0n) is 11.3. The van der Waals surface area contributed by atoms with E-state index in [0.717, 1.165) is 18.6 Å².